The van der Waals surface area contributed by atoms with E-state index in [2.05, 4.69) is 5.32 Å². The molecule has 0 saturated carbocycles. The molecule has 0 aliphatic carbocycles. The van der Waals surface area contributed by atoms with E-state index in [1.165, 1.54) is 0 Å². The van der Waals surface area contributed by atoms with E-state index in [9.17, 15) is 4.79 Å². The first-order valence-electron chi connectivity index (χ1n) is 5.91. The van der Waals surface area contributed by atoms with Crippen LogP contribution in [0.15, 0.2) is 24.3 Å². The molecule has 0 bridgehead atoms. The molecule has 0 saturated heterocycles. The summed E-state index contributed by atoms with van der Waals surface area (Å²) in [6.07, 6.45) is -0.231. The molecule has 0 aliphatic rings. The van der Waals surface area contributed by atoms with Crippen LogP contribution in [-0.4, -0.2) is 19.6 Å². The monoisotopic (exact) mass is 269 g/mol. The van der Waals surface area contributed by atoms with Crippen LogP contribution in [0, 0.1) is 5.41 Å². The number of hydrogen-bond acceptors (Lipinski definition) is 2. The summed E-state index contributed by atoms with van der Waals surface area (Å²) in [5.41, 5.74) is 0.481. The largest absolute Gasteiger partial charge is 0.375 e. The predicted molar refractivity (Wildman–Crippen MR) is 73.7 cm³/mol. The van der Waals surface area contributed by atoms with Gasteiger partial charge in [0.15, 0.2) is 0 Å². The smallest absolute Gasteiger partial charge is 0.225 e. The van der Waals surface area contributed by atoms with Crippen LogP contribution in [0.3, 0.4) is 0 Å². The van der Waals surface area contributed by atoms with Crippen LogP contribution in [0.2, 0.25) is 5.02 Å². The molecule has 0 heterocycles. The standard InChI is InChI=1S/C14H20ClNO2/c1-14(2,3)13(17)16-9-12(18-4)10-7-5-6-8-11(10)15/h5-8,12H,9H2,1-4H3,(H,16,17)/t12-/m0/s1. The van der Waals surface area contributed by atoms with Crippen molar-refractivity contribution >= 4 is 17.5 Å². The van der Waals surface area contributed by atoms with E-state index in [0.717, 1.165) is 5.56 Å². The lowest BCUT2D eigenvalue weighted by Crippen LogP contribution is -2.37. The van der Waals surface area contributed by atoms with Crippen molar-refractivity contribution in [2.45, 2.75) is 26.9 Å². The number of amides is 1. The van der Waals surface area contributed by atoms with Crippen molar-refractivity contribution < 1.29 is 9.53 Å². The minimum atomic E-state index is -0.404. The summed E-state index contributed by atoms with van der Waals surface area (Å²) in [5.74, 6) is -0.00314. The number of hydrogen-bond donors (Lipinski definition) is 1. The topological polar surface area (TPSA) is 38.3 Å². The van der Waals surface area contributed by atoms with Crippen LogP contribution in [0.1, 0.15) is 32.4 Å². The van der Waals surface area contributed by atoms with Crippen LogP contribution in [0.25, 0.3) is 0 Å². The predicted octanol–water partition coefficient (Wildman–Crippen LogP) is 3.19. The maximum Gasteiger partial charge on any atom is 0.225 e. The molecule has 1 aromatic rings. The van der Waals surface area contributed by atoms with Gasteiger partial charge in [0.2, 0.25) is 5.91 Å². The average molecular weight is 270 g/mol. The summed E-state index contributed by atoms with van der Waals surface area (Å²) in [4.78, 5) is 11.8. The second kappa shape index (κ2) is 6.21. The van der Waals surface area contributed by atoms with Crippen LogP contribution < -0.4 is 5.32 Å². The molecule has 0 aromatic heterocycles. The quantitative estimate of drug-likeness (QED) is 0.912. The Kier molecular flexibility index (Phi) is 5.17. The van der Waals surface area contributed by atoms with Gasteiger partial charge in [0.1, 0.15) is 6.10 Å². The lowest BCUT2D eigenvalue weighted by molar-refractivity contribution is -0.129. The summed E-state index contributed by atoms with van der Waals surface area (Å²) < 4.78 is 5.38. The fourth-order valence-corrected chi connectivity index (χ4v) is 1.76. The van der Waals surface area contributed by atoms with E-state index < -0.39 is 5.41 Å². The van der Waals surface area contributed by atoms with Gasteiger partial charge in [-0.25, -0.2) is 0 Å². The molecule has 100 valence electrons. The normalized spacial score (nSPS) is 13.2. The van der Waals surface area contributed by atoms with Gasteiger partial charge in [-0.3, -0.25) is 4.79 Å². The number of carbonyl (C=O) groups excluding carboxylic acids is 1. The number of nitrogens with one attached hydrogen (secondary N) is 1. The molecule has 1 amide bonds. The molecule has 0 unspecified atom stereocenters. The highest BCUT2D eigenvalue weighted by Gasteiger charge is 2.22. The second-order valence-corrected chi connectivity index (χ2v) is 5.61. The van der Waals surface area contributed by atoms with E-state index in [-0.39, 0.29) is 12.0 Å². The molecule has 1 rings (SSSR count). The maximum absolute atomic E-state index is 11.8. The summed E-state index contributed by atoms with van der Waals surface area (Å²) >= 11 is 6.11. The number of rotatable bonds is 4. The lowest BCUT2D eigenvalue weighted by atomic mass is 9.95. The van der Waals surface area contributed by atoms with E-state index in [4.69, 9.17) is 16.3 Å². The molecule has 1 N–H and O–H groups in total. The van der Waals surface area contributed by atoms with Crippen LogP contribution in [-0.2, 0) is 9.53 Å². The zero-order chi connectivity index (χ0) is 13.8. The molecule has 1 atom stereocenters. The molecule has 1 aromatic carbocycles. The fourth-order valence-electron chi connectivity index (χ4n) is 1.51. The Morgan fingerprint density at radius 2 is 2.00 bits per heavy atom. The molecule has 3 nitrogen and oxygen atoms in total. The third kappa shape index (κ3) is 4.00. The second-order valence-electron chi connectivity index (χ2n) is 5.21. The third-order valence-electron chi connectivity index (χ3n) is 2.67. The van der Waals surface area contributed by atoms with Crippen LogP contribution in [0.4, 0.5) is 0 Å². The Labute approximate surface area is 113 Å². The maximum atomic E-state index is 11.8. The van der Waals surface area contributed by atoms with Gasteiger partial charge in [-0.1, -0.05) is 50.6 Å². The van der Waals surface area contributed by atoms with Gasteiger partial charge >= 0.3 is 0 Å². The fraction of sp³-hybridized carbons (Fsp3) is 0.500. The van der Waals surface area contributed by atoms with Crippen molar-refractivity contribution in [1.29, 1.82) is 0 Å². The van der Waals surface area contributed by atoms with Gasteiger partial charge in [-0.2, -0.15) is 0 Å². The highest BCUT2D eigenvalue weighted by Crippen LogP contribution is 2.24. The third-order valence-corrected chi connectivity index (χ3v) is 3.01. The molecule has 0 radical (unpaired) electrons. The first-order chi connectivity index (χ1) is 8.36. The molecule has 0 fully saturated rings. The van der Waals surface area contributed by atoms with Gasteiger partial charge in [0, 0.05) is 29.7 Å². The number of benzene rings is 1. The zero-order valence-electron chi connectivity index (χ0n) is 11.3. The number of halogens is 1. The van der Waals surface area contributed by atoms with Crippen LogP contribution in [0.5, 0.6) is 0 Å². The van der Waals surface area contributed by atoms with Gasteiger partial charge in [-0.05, 0) is 6.07 Å². The van der Waals surface area contributed by atoms with Crippen molar-refractivity contribution in [1.82, 2.24) is 5.32 Å². The number of ether oxygens (including phenoxy) is 1. The van der Waals surface area contributed by atoms with Crippen molar-refractivity contribution in [3.05, 3.63) is 34.9 Å². The zero-order valence-corrected chi connectivity index (χ0v) is 12.0. The molecular formula is C14H20ClNO2. The molecule has 0 aliphatic heterocycles. The first kappa shape index (κ1) is 15.0. The first-order valence-corrected chi connectivity index (χ1v) is 6.29. The summed E-state index contributed by atoms with van der Waals surface area (Å²) in [6, 6.07) is 7.49. The molecule has 4 heteroatoms. The van der Waals surface area contributed by atoms with E-state index >= 15 is 0 Å². The van der Waals surface area contributed by atoms with Crippen molar-refractivity contribution in [3.8, 4) is 0 Å². The van der Waals surface area contributed by atoms with Crippen LogP contribution >= 0.6 is 11.6 Å². The van der Waals surface area contributed by atoms with Crippen molar-refractivity contribution in [2.75, 3.05) is 13.7 Å². The van der Waals surface area contributed by atoms with Gasteiger partial charge in [0.05, 0.1) is 0 Å². The lowest BCUT2D eigenvalue weighted by Gasteiger charge is -2.22. The SMILES string of the molecule is CO[C@@H](CNC(=O)C(C)(C)C)c1ccccc1Cl. The van der Waals surface area contributed by atoms with Gasteiger partial charge in [-0.15, -0.1) is 0 Å². The summed E-state index contributed by atoms with van der Waals surface area (Å²) in [7, 11) is 1.61. The van der Waals surface area contributed by atoms with E-state index in [1.807, 2.05) is 45.0 Å². The van der Waals surface area contributed by atoms with Gasteiger partial charge in [0.25, 0.3) is 0 Å². The van der Waals surface area contributed by atoms with Crippen molar-refractivity contribution in [2.24, 2.45) is 5.41 Å². The number of carbonyl (C=O) groups is 1. The van der Waals surface area contributed by atoms with Crippen molar-refractivity contribution in [3.63, 3.8) is 0 Å². The minimum Gasteiger partial charge on any atom is -0.375 e. The Morgan fingerprint density at radius 3 is 2.50 bits per heavy atom. The van der Waals surface area contributed by atoms with Gasteiger partial charge < -0.3 is 10.1 Å². The molecular weight excluding hydrogens is 250 g/mol. The Balaban J connectivity index is 2.70. The Morgan fingerprint density at radius 1 is 1.39 bits per heavy atom. The summed E-state index contributed by atoms with van der Waals surface area (Å²) in [5, 5.41) is 3.52. The van der Waals surface area contributed by atoms with E-state index in [1.54, 1.807) is 7.11 Å². The molecule has 18 heavy (non-hydrogen) atoms. The molecule has 0 spiro atoms. The highest BCUT2D eigenvalue weighted by atomic mass is 35.5. The average Bonchev–Trinajstić information content (AvgIpc) is 2.30. The number of methoxy groups -OCH3 is 1. The van der Waals surface area contributed by atoms with E-state index in [0.29, 0.717) is 11.6 Å². The Bertz CT molecular complexity index is 413. The minimum absolute atomic E-state index is 0.00314. The summed E-state index contributed by atoms with van der Waals surface area (Å²) in [6.45, 7) is 6.04. The Hall–Kier alpha value is -1.06. The highest BCUT2D eigenvalue weighted by molar-refractivity contribution is 6.31.